The summed E-state index contributed by atoms with van der Waals surface area (Å²) in [6.45, 7) is 7.96. The van der Waals surface area contributed by atoms with Gasteiger partial charge in [-0.1, -0.05) is 13.8 Å². The first-order chi connectivity index (χ1) is 7.62. The molecule has 0 aromatic carbocycles. The van der Waals surface area contributed by atoms with Gasteiger partial charge in [0.2, 0.25) is 0 Å². The predicted octanol–water partition coefficient (Wildman–Crippen LogP) is 1.49. The summed E-state index contributed by atoms with van der Waals surface area (Å²) in [5.74, 6) is 1.58. The van der Waals surface area contributed by atoms with Crippen LogP contribution in [0.25, 0.3) is 0 Å². The summed E-state index contributed by atoms with van der Waals surface area (Å²) in [4.78, 5) is 0. The highest BCUT2D eigenvalue weighted by Gasteiger charge is 2.50. The molecule has 92 valence electrons. The Morgan fingerprint density at radius 1 is 1.12 bits per heavy atom. The Balaban J connectivity index is 1.76. The molecule has 0 aromatic rings. The maximum absolute atomic E-state index is 6.51. The molecule has 3 fully saturated rings. The smallest absolute Gasteiger partial charge is 0.120 e. The second kappa shape index (κ2) is 3.69. The molecule has 0 bridgehead atoms. The molecule has 2 saturated heterocycles. The van der Waals surface area contributed by atoms with E-state index in [2.05, 4.69) is 24.5 Å². The first-order valence-corrected chi connectivity index (χ1v) is 6.77. The Hall–Kier alpha value is -0.120. The fourth-order valence-corrected chi connectivity index (χ4v) is 3.96. The summed E-state index contributed by atoms with van der Waals surface area (Å²) in [6.07, 6.45) is 4.92. The Morgan fingerprint density at radius 2 is 1.81 bits per heavy atom. The summed E-state index contributed by atoms with van der Waals surface area (Å²) in [7, 11) is 0. The topological polar surface area (TPSA) is 33.3 Å². The zero-order valence-corrected chi connectivity index (χ0v) is 10.5. The molecule has 1 aliphatic carbocycles. The molecule has 2 N–H and O–H groups in total. The lowest BCUT2D eigenvalue weighted by atomic mass is 9.76. The molecule has 3 aliphatic rings. The summed E-state index contributed by atoms with van der Waals surface area (Å²) in [5.41, 5.74) is 0.166. The van der Waals surface area contributed by atoms with Gasteiger partial charge in [-0.05, 0) is 37.5 Å². The predicted molar refractivity (Wildman–Crippen MR) is 64.2 cm³/mol. The summed E-state index contributed by atoms with van der Waals surface area (Å²) >= 11 is 0. The van der Waals surface area contributed by atoms with Crippen molar-refractivity contribution >= 4 is 0 Å². The number of ether oxygens (including phenoxy) is 1. The van der Waals surface area contributed by atoms with Gasteiger partial charge in [-0.15, -0.1) is 0 Å². The number of hydrogen-bond donors (Lipinski definition) is 2. The molecular weight excluding hydrogens is 200 g/mol. The summed E-state index contributed by atoms with van der Waals surface area (Å²) in [5, 5.41) is 7.03. The van der Waals surface area contributed by atoms with Crippen molar-refractivity contribution < 1.29 is 4.74 Å². The van der Waals surface area contributed by atoms with E-state index in [1.165, 1.54) is 25.7 Å². The van der Waals surface area contributed by atoms with Crippen LogP contribution in [0.3, 0.4) is 0 Å². The highest BCUT2D eigenvalue weighted by molar-refractivity contribution is 5.03. The van der Waals surface area contributed by atoms with Gasteiger partial charge in [0.15, 0.2) is 0 Å². The molecule has 3 nitrogen and oxygen atoms in total. The Bertz CT molecular complexity index is 265. The Kier molecular flexibility index (Phi) is 2.54. The number of hydrogen-bond acceptors (Lipinski definition) is 3. The van der Waals surface area contributed by atoms with Gasteiger partial charge in [-0.3, -0.25) is 5.32 Å². The maximum Gasteiger partial charge on any atom is 0.120 e. The van der Waals surface area contributed by atoms with Gasteiger partial charge in [0.25, 0.3) is 0 Å². The van der Waals surface area contributed by atoms with Crippen LogP contribution in [0.2, 0.25) is 0 Å². The molecule has 16 heavy (non-hydrogen) atoms. The SMILES string of the molecule is CC1CC(C)CC2(C1)NCCC1(CNC1)O2. The van der Waals surface area contributed by atoms with E-state index in [9.17, 15) is 0 Å². The molecule has 0 amide bonds. The molecule has 2 spiro atoms. The minimum atomic E-state index is -0.00255. The second-order valence-corrected chi connectivity index (χ2v) is 6.41. The van der Waals surface area contributed by atoms with Crippen molar-refractivity contribution in [3.05, 3.63) is 0 Å². The van der Waals surface area contributed by atoms with Crippen molar-refractivity contribution in [2.24, 2.45) is 11.8 Å². The Morgan fingerprint density at radius 3 is 2.38 bits per heavy atom. The minimum Gasteiger partial charge on any atom is -0.351 e. The van der Waals surface area contributed by atoms with E-state index < -0.39 is 0 Å². The van der Waals surface area contributed by atoms with Crippen LogP contribution in [0.15, 0.2) is 0 Å². The van der Waals surface area contributed by atoms with E-state index in [-0.39, 0.29) is 11.3 Å². The normalized spacial score (nSPS) is 46.9. The van der Waals surface area contributed by atoms with Crippen LogP contribution in [0, 0.1) is 11.8 Å². The standard InChI is InChI=1S/C13H24N2O/c1-10-5-11(2)7-13(6-10)15-4-3-12(16-13)8-14-9-12/h10-11,14-15H,3-9H2,1-2H3. The van der Waals surface area contributed by atoms with Crippen LogP contribution in [0.5, 0.6) is 0 Å². The van der Waals surface area contributed by atoms with Crippen molar-refractivity contribution in [3.8, 4) is 0 Å². The monoisotopic (exact) mass is 224 g/mol. The van der Waals surface area contributed by atoms with Gasteiger partial charge >= 0.3 is 0 Å². The average Bonchev–Trinajstić information content (AvgIpc) is 2.13. The summed E-state index contributed by atoms with van der Waals surface area (Å²) < 4.78 is 6.51. The molecular formula is C13H24N2O. The first-order valence-electron chi connectivity index (χ1n) is 6.77. The highest BCUT2D eigenvalue weighted by atomic mass is 16.5. The first kappa shape index (κ1) is 11.0. The van der Waals surface area contributed by atoms with Gasteiger partial charge in [-0.2, -0.15) is 0 Å². The molecule has 3 rings (SSSR count). The lowest BCUT2D eigenvalue weighted by Gasteiger charge is -2.56. The molecule has 1 saturated carbocycles. The van der Waals surface area contributed by atoms with E-state index in [4.69, 9.17) is 4.74 Å². The van der Waals surface area contributed by atoms with Gasteiger partial charge in [0, 0.05) is 19.6 Å². The number of nitrogens with one attached hydrogen (secondary N) is 2. The van der Waals surface area contributed by atoms with Crippen molar-refractivity contribution in [1.29, 1.82) is 0 Å². The third kappa shape index (κ3) is 1.79. The molecule has 3 heteroatoms. The quantitative estimate of drug-likeness (QED) is 0.654. The van der Waals surface area contributed by atoms with Gasteiger partial charge in [-0.25, -0.2) is 0 Å². The third-order valence-electron chi connectivity index (χ3n) is 4.50. The van der Waals surface area contributed by atoms with Crippen LogP contribution in [-0.4, -0.2) is 31.0 Å². The van der Waals surface area contributed by atoms with Crippen LogP contribution < -0.4 is 10.6 Å². The fraction of sp³-hybridized carbons (Fsp3) is 1.00. The molecule has 0 radical (unpaired) electrons. The van der Waals surface area contributed by atoms with Crippen LogP contribution in [-0.2, 0) is 4.74 Å². The van der Waals surface area contributed by atoms with Crippen molar-refractivity contribution in [2.75, 3.05) is 19.6 Å². The van der Waals surface area contributed by atoms with Gasteiger partial charge in [0.05, 0.1) is 5.60 Å². The molecule has 0 aromatic heterocycles. The van der Waals surface area contributed by atoms with Crippen LogP contribution >= 0.6 is 0 Å². The van der Waals surface area contributed by atoms with E-state index in [1.807, 2.05) is 0 Å². The number of rotatable bonds is 0. The minimum absolute atomic E-state index is 0.00255. The highest BCUT2D eigenvalue weighted by Crippen LogP contribution is 2.42. The van der Waals surface area contributed by atoms with Crippen molar-refractivity contribution in [1.82, 2.24) is 10.6 Å². The molecule has 2 unspecified atom stereocenters. The van der Waals surface area contributed by atoms with Gasteiger partial charge in [0.1, 0.15) is 5.72 Å². The van der Waals surface area contributed by atoms with E-state index in [0.717, 1.165) is 31.5 Å². The zero-order chi connectivity index (χ0) is 11.2. The van der Waals surface area contributed by atoms with Crippen LogP contribution in [0.4, 0.5) is 0 Å². The fourth-order valence-electron chi connectivity index (χ4n) is 3.96. The Labute approximate surface area is 98.3 Å². The lowest BCUT2D eigenvalue weighted by Crippen LogP contribution is -2.71. The zero-order valence-electron chi connectivity index (χ0n) is 10.5. The lowest BCUT2D eigenvalue weighted by molar-refractivity contribution is -0.239. The third-order valence-corrected chi connectivity index (χ3v) is 4.50. The van der Waals surface area contributed by atoms with E-state index >= 15 is 0 Å². The van der Waals surface area contributed by atoms with Crippen molar-refractivity contribution in [2.45, 2.75) is 50.9 Å². The molecule has 2 heterocycles. The van der Waals surface area contributed by atoms with E-state index in [1.54, 1.807) is 0 Å². The van der Waals surface area contributed by atoms with Crippen LogP contribution in [0.1, 0.15) is 39.5 Å². The van der Waals surface area contributed by atoms with Crippen molar-refractivity contribution in [3.63, 3.8) is 0 Å². The maximum atomic E-state index is 6.51. The molecule has 2 aliphatic heterocycles. The average molecular weight is 224 g/mol. The molecule has 2 atom stereocenters. The summed E-state index contributed by atoms with van der Waals surface area (Å²) in [6, 6.07) is 0. The second-order valence-electron chi connectivity index (χ2n) is 6.41. The van der Waals surface area contributed by atoms with E-state index in [0.29, 0.717) is 0 Å². The van der Waals surface area contributed by atoms with Gasteiger partial charge < -0.3 is 10.1 Å². The largest absolute Gasteiger partial charge is 0.351 e.